The molecular formula is C10H19NO2. The molecule has 0 spiro atoms. The van der Waals surface area contributed by atoms with E-state index in [0.717, 1.165) is 19.3 Å². The molecular weight excluding hydrogens is 166 g/mol. The molecule has 0 aromatic rings. The Morgan fingerprint density at radius 3 is 2.85 bits per heavy atom. The third-order valence-electron chi connectivity index (χ3n) is 1.86. The Labute approximate surface area is 80.2 Å². The van der Waals surface area contributed by atoms with Gasteiger partial charge in [0.2, 0.25) is 0 Å². The SMILES string of the molecule is C=NCCC(C)C(=O)OCCCC. The van der Waals surface area contributed by atoms with Gasteiger partial charge in [-0.3, -0.25) is 4.79 Å². The molecule has 76 valence electrons. The minimum Gasteiger partial charge on any atom is -0.465 e. The van der Waals surface area contributed by atoms with Gasteiger partial charge in [0.05, 0.1) is 12.5 Å². The molecule has 3 heteroatoms. The first-order valence-electron chi connectivity index (χ1n) is 4.81. The van der Waals surface area contributed by atoms with Crippen molar-refractivity contribution in [3.63, 3.8) is 0 Å². The van der Waals surface area contributed by atoms with Crippen LogP contribution in [0.4, 0.5) is 0 Å². The van der Waals surface area contributed by atoms with E-state index in [2.05, 4.69) is 18.6 Å². The van der Waals surface area contributed by atoms with Gasteiger partial charge in [0.1, 0.15) is 0 Å². The van der Waals surface area contributed by atoms with Crippen molar-refractivity contribution in [2.75, 3.05) is 13.2 Å². The van der Waals surface area contributed by atoms with Crippen molar-refractivity contribution >= 4 is 12.7 Å². The molecule has 0 amide bonds. The van der Waals surface area contributed by atoms with E-state index in [9.17, 15) is 4.79 Å². The maximum Gasteiger partial charge on any atom is 0.308 e. The lowest BCUT2D eigenvalue weighted by Gasteiger charge is -2.09. The van der Waals surface area contributed by atoms with Gasteiger partial charge in [-0.05, 0) is 19.6 Å². The molecule has 0 rings (SSSR count). The van der Waals surface area contributed by atoms with E-state index in [1.807, 2.05) is 6.92 Å². The molecule has 3 nitrogen and oxygen atoms in total. The van der Waals surface area contributed by atoms with Crippen LogP contribution in [0.2, 0.25) is 0 Å². The van der Waals surface area contributed by atoms with E-state index in [4.69, 9.17) is 4.74 Å². The molecule has 0 saturated heterocycles. The number of rotatable bonds is 7. The number of esters is 1. The minimum absolute atomic E-state index is 0.0534. The number of ether oxygens (including phenoxy) is 1. The average Bonchev–Trinajstić information content (AvgIpc) is 2.14. The molecule has 1 unspecified atom stereocenters. The Bertz CT molecular complexity index is 157. The second-order valence-corrected chi connectivity index (χ2v) is 3.16. The van der Waals surface area contributed by atoms with Crippen molar-refractivity contribution in [1.82, 2.24) is 0 Å². The highest BCUT2D eigenvalue weighted by Crippen LogP contribution is 2.05. The van der Waals surface area contributed by atoms with Gasteiger partial charge in [-0.2, -0.15) is 0 Å². The molecule has 1 atom stereocenters. The molecule has 0 aliphatic heterocycles. The lowest BCUT2D eigenvalue weighted by Crippen LogP contribution is -2.16. The van der Waals surface area contributed by atoms with Crippen LogP contribution in [0.25, 0.3) is 0 Å². The Kier molecular flexibility index (Phi) is 7.26. The van der Waals surface area contributed by atoms with Gasteiger partial charge in [0.15, 0.2) is 0 Å². The van der Waals surface area contributed by atoms with E-state index >= 15 is 0 Å². The fraction of sp³-hybridized carbons (Fsp3) is 0.800. The number of hydrogen-bond acceptors (Lipinski definition) is 3. The Morgan fingerprint density at radius 2 is 2.31 bits per heavy atom. The fourth-order valence-corrected chi connectivity index (χ4v) is 0.862. The zero-order valence-corrected chi connectivity index (χ0v) is 8.58. The first kappa shape index (κ1) is 12.1. The maximum absolute atomic E-state index is 11.2. The molecule has 0 aliphatic rings. The topological polar surface area (TPSA) is 38.7 Å². The third-order valence-corrected chi connectivity index (χ3v) is 1.86. The Balaban J connectivity index is 3.50. The second kappa shape index (κ2) is 7.77. The summed E-state index contributed by atoms with van der Waals surface area (Å²) in [6.07, 6.45) is 2.72. The predicted molar refractivity (Wildman–Crippen MR) is 54.1 cm³/mol. The van der Waals surface area contributed by atoms with E-state index in [-0.39, 0.29) is 11.9 Å². The predicted octanol–water partition coefficient (Wildman–Crippen LogP) is 2.06. The highest BCUT2D eigenvalue weighted by Gasteiger charge is 2.12. The average molecular weight is 185 g/mol. The lowest BCUT2D eigenvalue weighted by atomic mass is 10.1. The molecule has 0 saturated carbocycles. The van der Waals surface area contributed by atoms with Crippen LogP contribution < -0.4 is 0 Å². The van der Waals surface area contributed by atoms with Gasteiger partial charge in [0.25, 0.3) is 0 Å². The molecule has 0 aliphatic carbocycles. The van der Waals surface area contributed by atoms with Crippen LogP contribution in [0.15, 0.2) is 4.99 Å². The van der Waals surface area contributed by atoms with Crippen molar-refractivity contribution in [2.24, 2.45) is 10.9 Å². The zero-order chi connectivity index (χ0) is 10.1. The standard InChI is InChI=1S/C10H19NO2/c1-4-5-8-13-10(12)9(2)6-7-11-3/h9H,3-8H2,1-2H3. The van der Waals surface area contributed by atoms with Gasteiger partial charge < -0.3 is 9.73 Å². The molecule has 0 radical (unpaired) electrons. The summed E-state index contributed by atoms with van der Waals surface area (Å²) in [6, 6.07) is 0. The largest absolute Gasteiger partial charge is 0.465 e. The summed E-state index contributed by atoms with van der Waals surface area (Å²) < 4.78 is 5.04. The van der Waals surface area contributed by atoms with Gasteiger partial charge in [0, 0.05) is 6.54 Å². The van der Waals surface area contributed by atoms with Gasteiger partial charge in [-0.25, -0.2) is 0 Å². The van der Waals surface area contributed by atoms with E-state index < -0.39 is 0 Å². The van der Waals surface area contributed by atoms with Crippen LogP contribution in [0, 0.1) is 5.92 Å². The van der Waals surface area contributed by atoms with Crippen LogP contribution >= 0.6 is 0 Å². The van der Waals surface area contributed by atoms with E-state index in [1.54, 1.807) is 0 Å². The van der Waals surface area contributed by atoms with E-state index in [1.165, 1.54) is 0 Å². The summed E-state index contributed by atoms with van der Waals surface area (Å²) in [5.41, 5.74) is 0. The van der Waals surface area contributed by atoms with Gasteiger partial charge >= 0.3 is 5.97 Å². The summed E-state index contributed by atoms with van der Waals surface area (Å²) in [5, 5.41) is 0. The lowest BCUT2D eigenvalue weighted by molar-refractivity contribution is -0.148. The van der Waals surface area contributed by atoms with Gasteiger partial charge in [-0.15, -0.1) is 0 Å². The summed E-state index contributed by atoms with van der Waals surface area (Å²) in [4.78, 5) is 14.9. The quantitative estimate of drug-likeness (QED) is 0.346. The molecule has 0 bridgehead atoms. The fourth-order valence-electron chi connectivity index (χ4n) is 0.862. The first-order chi connectivity index (χ1) is 6.22. The van der Waals surface area contributed by atoms with Crippen molar-refractivity contribution in [3.05, 3.63) is 0 Å². The zero-order valence-electron chi connectivity index (χ0n) is 8.58. The number of hydrogen-bond donors (Lipinski definition) is 0. The molecule has 13 heavy (non-hydrogen) atoms. The van der Waals surface area contributed by atoms with Gasteiger partial charge in [-0.1, -0.05) is 20.3 Å². The maximum atomic E-state index is 11.2. The monoisotopic (exact) mass is 185 g/mol. The smallest absolute Gasteiger partial charge is 0.308 e. The summed E-state index contributed by atoms with van der Waals surface area (Å²) >= 11 is 0. The number of carbonyl (C=O) groups excluding carboxylic acids is 1. The van der Waals surface area contributed by atoms with Crippen LogP contribution in [0.3, 0.4) is 0 Å². The first-order valence-corrected chi connectivity index (χ1v) is 4.81. The second-order valence-electron chi connectivity index (χ2n) is 3.16. The van der Waals surface area contributed by atoms with Crippen molar-refractivity contribution in [1.29, 1.82) is 0 Å². The van der Waals surface area contributed by atoms with E-state index in [0.29, 0.717) is 13.2 Å². The van der Waals surface area contributed by atoms with Crippen LogP contribution in [-0.4, -0.2) is 25.8 Å². The van der Waals surface area contributed by atoms with Crippen LogP contribution in [0.1, 0.15) is 33.1 Å². The van der Waals surface area contributed by atoms with Crippen LogP contribution in [-0.2, 0) is 9.53 Å². The van der Waals surface area contributed by atoms with Crippen LogP contribution in [0.5, 0.6) is 0 Å². The normalized spacial score (nSPS) is 12.2. The number of unbranched alkanes of at least 4 members (excludes halogenated alkanes) is 1. The molecule has 0 N–H and O–H groups in total. The summed E-state index contributed by atoms with van der Waals surface area (Å²) in [5.74, 6) is -0.167. The number of carbonyl (C=O) groups is 1. The summed E-state index contributed by atoms with van der Waals surface area (Å²) in [6.45, 7) is 8.47. The third kappa shape index (κ3) is 6.31. The molecule has 0 aromatic heterocycles. The van der Waals surface area contributed by atoms with Crippen molar-refractivity contribution in [2.45, 2.75) is 33.1 Å². The Morgan fingerprint density at radius 1 is 1.62 bits per heavy atom. The summed E-state index contributed by atoms with van der Waals surface area (Å²) in [7, 11) is 0. The molecule has 0 heterocycles. The number of nitrogens with zero attached hydrogens (tertiary/aromatic N) is 1. The highest BCUT2D eigenvalue weighted by atomic mass is 16.5. The minimum atomic E-state index is -0.114. The van der Waals surface area contributed by atoms with Crippen molar-refractivity contribution < 1.29 is 9.53 Å². The van der Waals surface area contributed by atoms with Crippen molar-refractivity contribution in [3.8, 4) is 0 Å². The molecule has 0 fully saturated rings. The highest BCUT2D eigenvalue weighted by molar-refractivity contribution is 5.71. The number of aliphatic imine (C=N–C) groups is 1. The Hall–Kier alpha value is -0.860. The molecule has 0 aromatic carbocycles.